The number of hydrogen-bond acceptors (Lipinski definition) is 5. The fourth-order valence-corrected chi connectivity index (χ4v) is 2.35. The first-order chi connectivity index (χ1) is 13.7. The van der Waals surface area contributed by atoms with Crippen LogP contribution in [-0.2, 0) is 6.61 Å². The molecule has 0 spiro atoms. The molecule has 1 heterocycles. The molecule has 1 N–H and O–H groups in total. The molecule has 3 rings (SSSR count). The summed E-state index contributed by atoms with van der Waals surface area (Å²) in [6.45, 7) is 0.282. The predicted molar refractivity (Wildman–Crippen MR) is 103 cm³/mol. The van der Waals surface area contributed by atoms with E-state index in [9.17, 15) is 9.18 Å². The van der Waals surface area contributed by atoms with Gasteiger partial charge in [0, 0.05) is 6.20 Å². The molecule has 0 atom stereocenters. The molecule has 0 unspecified atom stereocenters. The third-order valence-electron chi connectivity index (χ3n) is 3.77. The average molecular weight is 379 g/mol. The lowest BCUT2D eigenvalue weighted by Gasteiger charge is -2.11. The minimum Gasteiger partial charge on any atom is -0.493 e. The van der Waals surface area contributed by atoms with E-state index in [0.717, 1.165) is 5.56 Å². The van der Waals surface area contributed by atoms with Crippen molar-refractivity contribution in [3.05, 3.63) is 89.5 Å². The van der Waals surface area contributed by atoms with Gasteiger partial charge in [0.25, 0.3) is 5.91 Å². The summed E-state index contributed by atoms with van der Waals surface area (Å²) in [7, 11) is 1.53. The number of amides is 1. The highest BCUT2D eigenvalue weighted by atomic mass is 19.1. The third kappa shape index (κ3) is 5.14. The van der Waals surface area contributed by atoms with Gasteiger partial charge in [-0.3, -0.25) is 9.78 Å². The maximum Gasteiger partial charge on any atom is 0.289 e. The number of ether oxygens (including phenoxy) is 2. The zero-order valence-electron chi connectivity index (χ0n) is 15.1. The Hall–Kier alpha value is -3.74. The quantitative estimate of drug-likeness (QED) is 0.503. The first-order valence-electron chi connectivity index (χ1n) is 8.45. The molecule has 1 aromatic heterocycles. The molecule has 6 nitrogen and oxygen atoms in total. The highest BCUT2D eigenvalue weighted by Gasteiger charge is 2.07. The maximum absolute atomic E-state index is 13.0. The molecule has 0 aliphatic rings. The van der Waals surface area contributed by atoms with Gasteiger partial charge in [0.05, 0.1) is 13.3 Å². The molecule has 2 aromatic carbocycles. The van der Waals surface area contributed by atoms with Gasteiger partial charge in [-0.15, -0.1) is 0 Å². The molecular formula is C21H18FN3O3. The van der Waals surface area contributed by atoms with Gasteiger partial charge in [0.1, 0.15) is 18.1 Å². The Bertz CT molecular complexity index is 960. The van der Waals surface area contributed by atoms with Crippen LogP contribution < -0.4 is 14.9 Å². The van der Waals surface area contributed by atoms with Crippen LogP contribution in [0.15, 0.2) is 72.0 Å². The van der Waals surface area contributed by atoms with Crippen molar-refractivity contribution in [2.24, 2.45) is 5.10 Å². The zero-order valence-corrected chi connectivity index (χ0v) is 15.1. The largest absolute Gasteiger partial charge is 0.493 e. The van der Waals surface area contributed by atoms with Gasteiger partial charge >= 0.3 is 0 Å². The second-order valence-electron chi connectivity index (χ2n) is 5.74. The van der Waals surface area contributed by atoms with Crippen LogP contribution in [-0.4, -0.2) is 24.2 Å². The van der Waals surface area contributed by atoms with Crippen LogP contribution in [0, 0.1) is 5.82 Å². The van der Waals surface area contributed by atoms with E-state index in [0.29, 0.717) is 17.1 Å². The summed E-state index contributed by atoms with van der Waals surface area (Å²) in [5, 5.41) is 3.93. The smallest absolute Gasteiger partial charge is 0.289 e. The SMILES string of the molecule is COc1cc(/C=N\NC(=O)c2ccccn2)ccc1OCc1ccc(F)cc1. The van der Waals surface area contributed by atoms with E-state index < -0.39 is 5.91 Å². The first kappa shape index (κ1) is 19.0. The Morgan fingerprint density at radius 1 is 1.14 bits per heavy atom. The highest BCUT2D eigenvalue weighted by Crippen LogP contribution is 2.28. The van der Waals surface area contributed by atoms with Crippen molar-refractivity contribution in [2.45, 2.75) is 6.61 Å². The molecule has 7 heteroatoms. The number of aromatic nitrogens is 1. The predicted octanol–water partition coefficient (Wildman–Crippen LogP) is 3.57. The summed E-state index contributed by atoms with van der Waals surface area (Å²) >= 11 is 0. The molecule has 3 aromatic rings. The Kier molecular flexibility index (Phi) is 6.30. The minimum atomic E-state index is -0.400. The summed E-state index contributed by atoms with van der Waals surface area (Å²) in [6, 6.07) is 16.4. The van der Waals surface area contributed by atoms with E-state index in [2.05, 4.69) is 15.5 Å². The van der Waals surface area contributed by atoms with Gasteiger partial charge in [-0.2, -0.15) is 5.10 Å². The normalized spacial score (nSPS) is 10.6. The van der Waals surface area contributed by atoms with Crippen LogP contribution in [0.2, 0.25) is 0 Å². The molecule has 142 valence electrons. The number of nitrogens with zero attached hydrogens (tertiary/aromatic N) is 2. The van der Waals surface area contributed by atoms with Crippen LogP contribution in [0.4, 0.5) is 4.39 Å². The number of rotatable bonds is 7. The molecule has 0 aliphatic heterocycles. The fourth-order valence-electron chi connectivity index (χ4n) is 2.35. The van der Waals surface area contributed by atoms with E-state index in [-0.39, 0.29) is 18.1 Å². The number of halogens is 1. The second kappa shape index (κ2) is 9.27. The van der Waals surface area contributed by atoms with Gasteiger partial charge in [0.2, 0.25) is 0 Å². The average Bonchev–Trinajstić information content (AvgIpc) is 2.74. The lowest BCUT2D eigenvalue weighted by Crippen LogP contribution is -2.18. The number of hydrogen-bond donors (Lipinski definition) is 1. The summed E-state index contributed by atoms with van der Waals surface area (Å²) < 4.78 is 24.0. The first-order valence-corrected chi connectivity index (χ1v) is 8.45. The summed E-state index contributed by atoms with van der Waals surface area (Å²) in [5.74, 6) is 0.367. The third-order valence-corrected chi connectivity index (χ3v) is 3.77. The maximum atomic E-state index is 13.0. The van der Waals surface area contributed by atoms with Gasteiger partial charge < -0.3 is 9.47 Å². The Balaban J connectivity index is 1.62. The van der Waals surface area contributed by atoms with Gasteiger partial charge in [-0.05, 0) is 53.6 Å². The number of methoxy groups -OCH3 is 1. The zero-order chi connectivity index (χ0) is 19.8. The van der Waals surface area contributed by atoms with E-state index in [1.165, 1.54) is 31.7 Å². The Morgan fingerprint density at radius 3 is 2.68 bits per heavy atom. The van der Waals surface area contributed by atoms with Crippen molar-refractivity contribution in [2.75, 3.05) is 7.11 Å². The number of hydrazone groups is 1. The second-order valence-corrected chi connectivity index (χ2v) is 5.74. The van der Waals surface area contributed by atoms with Gasteiger partial charge in [-0.1, -0.05) is 18.2 Å². The lowest BCUT2D eigenvalue weighted by atomic mass is 10.2. The standard InChI is InChI=1S/C21H18FN3O3/c1-27-20-12-16(13-24-25-21(26)18-4-2-3-11-23-18)7-10-19(20)28-14-15-5-8-17(22)9-6-15/h2-13H,14H2,1H3,(H,25,26)/b24-13-. The van der Waals surface area contributed by atoms with E-state index in [1.54, 1.807) is 48.5 Å². The van der Waals surface area contributed by atoms with Crippen molar-refractivity contribution in [1.82, 2.24) is 10.4 Å². The topological polar surface area (TPSA) is 72.8 Å². The summed E-state index contributed by atoms with van der Waals surface area (Å²) in [4.78, 5) is 15.8. The van der Waals surface area contributed by atoms with Crippen molar-refractivity contribution in [3.63, 3.8) is 0 Å². The summed E-state index contributed by atoms with van der Waals surface area (Å²) in [6.07, 6.45) is 3.03. The Labute approximate surface area is 161 Å². The highest BCUT2D eigenvalue weighted by molar-refractivity contribution is 5.93. The van der Waals surface area contributed by atoms with Crippen molar-refractivity contribution in [1.29, 1.82) is 0 Å². The van der Waals surface area contributed by atoms with Crippen molar-refractivity contribution >= 4 is 12.1 Å². The Morgan fingerprint density at radius 2 is 1.96 bits per heavy atom. The fraction of sp³-hybridized carbons (Fsp3) is 0.0952. The van der Waals surface area contributed by atoms with Gasteiger partial charge in [-0.25, -0.2) is 9.82 Å². The summed E-state index contributed by atoms with van der Waals surface area (Å²) in [5.41, 5.74) is 4.25. The molecule has 28 heavy (non-hydrogen) atoms. The number of carbonyl (C=O) groups is 1. The molecule has 0 aliphatic carbocycles. The molecule has 0 bridgehead atoms. The van der Waals surface area contributed by atoms with Gasteiger partial charge in [0.15, 0.2) is 11.5 Å². The number of carbonyl (C=O) groups excluding carboxylic acids is 1. The van der Waals surface area contributed by atoms with E-state index in [4.69, 9.17) is 9.47 Å². The number of pyridine rings is 1. The van der Waals surface area contributed by atoms with Crippen LogP contribution in [0.25, 0.3) is 0 Å². The number of nitrogens with one attached hydrogen (secondary N) is 1. The van der Waals surface area contributed by atoms with E-state index >= 15 is 0 Å². The minimum absolute atomic E-state index is 0.279. The van der Waals surface area contributed by atoms with Crippen LogP contribution in [0.3, 0.4) is 0 Å². The monoisotopic (exact) mass is 379 g/mol. The molecule has 0 radical (unpaired) electrons. The van der Waals surface area contributed by atoms with Crippen molar-refractivity contribution in [3.8, 4) is 11.5 Å². The molecule has 0 fully saturated rings. The van der Waals surface area contributed by atoms with Crippen LogP contribution in [0.5, 0.6) is 11.5 Å². The van der Waals surface area contributed by atoms with Crippen LogP contribution in [0.1, 0.15) is 21.6 Å². The molecule has 1 amide bonds. The van der Waals surface area contributed by atoms with Crippen molar-refractivity contribution < 1.29 is 18.7 Å². The molecule has 0 saturated heterocycles. The molecular weight excluding hydrogens is 361 g/mol. The lowest BCUT2D eigenvalue weighted by molar-refractivity contribution is 0.0950. The number of benzene rings is 2. The molecule has 0 saturated carbocycles. The van der Waals surface area contributed by atoms with Crippen LogP contribution >= 0.6 is 0 Å². The van der Waals surface area contributed by atoms with E-state index in [1.807, 2.05) is 0 Å².